The van der Waals surface area contributed by atoms with E-state index in [0.717, 1.165) is 47.7 Å². The van der Waals surface area contributed by atoms with Gasteiger partial charge < -0.3 is 19.7 Å². The zero-order valence-electron chi connectivity index (χ0n) is 27.7. The molecule has 2 amide bonds. The van der Waals surface area contributed by atoms with Crippen molar-refractivity contribution in [2.24, 2.45) is 0 Å². The largest absolute Gasteiger partial charge is 0.493 e. The van der Waals surface area contributed by atoms with Crippen molar-refractivity contribution in [2.75, 3.05) is 25.1 Å². The molecule has 1 aliphatic rings. The number of ether oxygens (including phenoxy) is 2. The van der Waals surface area contributed by atoms with Crippen LogP contribution in [-0.4, -0.2) is 58.0 Å². The molecule has 9 nitrogen and oxygen atoms in total. The van der Waals surface area contributed by atoms with E-state index in [1.54, 1.807) is 18.2 Å². The minimum absolute atomic E-state index is 0.0280. The first-order chi connectivity index (χ1) is 24.0. The Bertz CT molecular complexity index is 1890. The summed E-state index contributed by atoms with van der Waals surface area (Å²) >= 11 is 13.2. The molecule has 0 saturated heterocycles. The lowest BCUT2D eigenvalue weighted by Crippen LogP contribution is -2.54. The summed E-state index contributed by atoms with van der Waals surface area (Å²) in [7, 11) is -1.70. The van der Waals surface area contributed by atoms with Gasteiger partial charge in [0.05, 0.1) is 24.8 Å². The van der Waals surface area contributed by atoms with Gasteiger partial charge in [-0.15, -0.1) is 0 Å². The molecular formula is C37H38Cl2FN3O6S. The van der Waals surface area contributed by atoms with Crippen LogP contribution < -0.4 is 19.1 Å². The molecule has 13 heteroatoms. The molecule has 0 radical (unpaired) electrons. The number of rotatable bonds is 14. The van der Waals surface area contributed by atoms with Crippen LogP contribution in [0.1, 0.15) is 36.8 Å². The lowest BCUT2D eigenvalue weighted by molar-refractivity contribution is -0.140. The number of sulfonamides is 1. The van der Waals surface area contributed by atoms with Crippen LogP contribution in [0.15, 0.2) is 95.9 Å². The normalized spacial score (nSPS) is 13.8. The van der Waals surface area contributed by atoms with Gasteiger partial charge in [-0.05, 0) is 66.9 Å². The van der Waals surface area contributed by atoms with E-state index in [9.17, 15) is 22.4 Å². The number of anilines is 1. The summed E-state index contributed by atoms with van der Waals surface area (Å²) in [5, 5.41) is 3.67. The van der Waals surface area contributed by atoms with E-state index < -0.39 is 34.3 Å². The first-order valence-electron chi connectivity index (χ1n) is 16.1. The Morgan fingerprint density at radius 2 is 1.52 bits per heavy atom. The van der Waals surface area contributed by atoms with Gasteiger partial charge in [-0.25, -0.2) is 12.8 Å². The lowest BCUT2D eigenvalue weighted by Gasteiger charge is -2.34. The zero-order chi connectivity index (χ0) is 35.8. The minimum atomic E-state index is -4.49. The van der Waals surface area contributed by atoms with Gasteiger partial charge in [-0.2, -0.15) is 0 Å². The molecule has 4 aromatic rings. The van der Waals surface area contributed by atoms with Crippen molar-refractivity contribution in [3.8, 4) is 11.5 Å². The van der Waals surface area contributed by atoms with E-state index in [0.29, 0.717) is 11.3 Å². The maximum Gasteiger partial charge on any atom is 0.264 e. The first-order valence-corrected chi connectivity index (χ1v) is 18.3. The van der Waals surface area contributed by atoms with Gasteiger partial charge in [-0.3, -0.25) is 13.9 Å². The Morgan fingerprint density at radius 1 is 0.880 bits per heavy atom. The number of hydrogen-bond donors (Lipinski definition) is 1. The Hall–Kier alpha value is -4.32. The van der Waals surface area contributed by atoms with Gasteiger partial charge in [0, 0.05) is 40.7 Å². The predicted molar refractivity (Wildman–Crippen MR) is 192 cm³/mol. The van der Waals surface area contributed by atoms with Crippen molar-refractivity contribution < 1.29 is 31.9 Å². The fraction of sp³-hybridized carbons (Fsp3) is 0.297. The summed E-state index contributed by atoms with van der Waals surface area (Å²) in [4.78, 5) is 30.0. The quantitative estimate of drug-likeness (QED) is 0.149. The maximum atomic E-state index is 14.7. The van der Waals surface area contributed by atoms with E-state index in [-0.39, 0.29) is 51.3 Å². The molecule has 0 bridgehead atoms. The second-order valence-electron chi connectivity index (χ2n) is 11.9. The molecule has 4 aromatic carbocycles. The smallest absolute Gasteiger partial charge is 0.264 e. The summed E-state index contributed by atoms with van der Waals surface area (Å²) < 4.78 is 54.4. The van der Waals surface area contributed by atoms with E-state index in [1.165, 1.54) is 49.5 Å². The number of methoxy groups -OCH3 is 2. The molecule has 0 spiro atoms. The molecule has 0 aliphatic heterocycles. The number of amides is 2. The fourth-order valence-corrected chi connectivity index (χ4v) is 7.96. The van der Waals surface area contributed by atoms with E-state index in [2.05, 4.69) is 5.32 Å². The van der Waals surface area contributed by atoms with Crippen LogP contribution in [0.2, 0.25) is 10.0 Å². The van der Waals surface area contributed by atoms with Crippen LogP contribution >= 0.6 is 23.2 Å². The van der Waals surface area contributed by atoms with Crippen LogP contribution in [0.3, 0.4) is 0 Å². The second-order valence-corrected chi connectivity index (χ2v) is 14.6. The van der Waals surface area contributed by atoms with Crippen LogP contribution in [0.4, 0.5) is 10.1 Å². The first kappa shape index (κ1) is 36.9. The number of nitrogens with zero attached hydrogens (tertiary/aromatic N) is 2. The summed E-state index contributed by atoms with van der Waals surface area (Å²) in [5.41, 5.74) is 1.21. The summed E-state index contributed by atoms with van der Waals surface area (Å²) in [6, 6.07) is 21.8. The SMILES string of the molecule is COc1ccc(S(=O)(=O)N(CC(=O)N(Cc2c(Cl)cccc2Cl)[C@@H](Cc2ccccc2)C(=O)NC2CCCC2)c2ccc(F)cc2)cc1OC. The standard InChI is InChI=1S/C37H38Cl2FN3O6S/c1-48-34-20-19-29(22-35(34)49-2)50(46,47)43(28-17-15-26(40)16-18-28)24-36(44)42(23-30-31(38)13-8-14-32(30)39)33(21-25-9-4-3-5-10-25)37(45)41-27-11-6-7-12-27/h3-5,8-10,13-20,22,27,33H,6-7,11-12,21,23-24H2,1-2H3,(H,41,45)/t33-/m0/s1. The maximum absolute atomic E-state index is 14.7. The van der Waals surface area contributed by atoms with Crippen LogP contribution in [-0.2, 0) is 32.6 Å². The highest BCUT2D eigenvalue weighted by Crippen LogP contribution is 2.33. The Labute approximate surface area is 301 Å². The third-order valence-electron chi connectivity index (χ3n) is 8.70. The summed E-state index contributed by atoms with van der Waals surface area (Å²) in [5.74, 6) is -1.23. The van der Waals surface area contributed by atoms with Crippen LogP contribution in [0.25, 0.3) is 0 Å². The van der Waals surface area contributed by atoms with Gasteiger partial charge in [-0.1, -0.05) is 72.4 Å². The van der Waals surface area contributed by atoms with Crippen molar-refractivity contribution in [1.82, 2.24) is 10.2 Å². The molecule has 1 aliphatic carbocycles. The highest BCUT2D eigenvalue weighted by molar-refractivity contribution is 7.92. The number of carbonyl (C=O) groups excluding carboxylic acids is 2. The molecule has 264 valence electrons. The molecule has 1 N–H and O–H groups in total. The van der Waals surface area contributed by atoms with E-state index in [4.69, 9.17) is 32.7 Å². The number of hydrogen-bond acceptors (Lipinski definition) is 6. The van der Waals surface area contributed by atoms with Crippen molar-refractivity contribution >= 4 is 50.7 Å². The van der Waals surface area contributed by atoms with E-state index in [1.807, 2.05) is 30.3 Å². The van der Waals surface area contributed by atoms with Crippen molar-refractivity contribution in [3.05, 3.63) is 118 Å². The number of halogens is 3. The van der Waals surface area contributed by atoms with Gasteiger partial charge in [0.15, 0.2) is 11.5 Å². The Balaban J connectivity index is 1.61. The molecule has 0 heterocycles. The van der Waals surface area contributed by atoms with Crippen LogP contribution in [0.5, 0.6) is 11.5 Å². The van der Waals surface area contributed by atoms with Gasteiger partial charge in [0.25, 0.3) is 10.0 Å². The number of benzene rings is 4. The van der Waals surface area contributed by atoms with Gasteiger partial charge >= 0.3 is 0 Å². The van der Waals surface area contributed by atoms with Crippen molar-refractivity contribution in [3.63, 3.8) is 0 Å². The predicted octanol–water partition coefficient (Wildman–Crippen LogP) is 7.04. The van der Waals surface area contributed by atoms with Crippen LogP contribution in [0, 0.1) is 5.82 Å². The van der Waals surface area contributed by atoms with E-state index >= 15 is 0 Å². The zero-order valence-corrected chi connectivity index (χ0v) is 30.0. The second kappa shape index (κ2) is 16.6. The third kappa shape index (κ3) is 8.69. The molecule has 1 fully saturated rings. The third-order valence-corrected chi connectivity index (χ3v) is 11.2. The monoisotopic (exact) mass is 741 g/mol. The molecule has 5 rings (SSSR count). The molecule has 0 aromatic heterocycles. The highest BCUT2D eigenvalue weighted by Gasteiger charge is 2.36. The van der Waals surface area contributed by atoms with Gasteiger partial charge in [0.1, 0.15) is 18.4 Å². The molecule has 1 saturated carbocycles. The number of carbonyl (C=O) groups is 2. The Kier molecular flexibility index (Phi) is 12.3. The molecule has 50 heavy (non-hydrogen) atoms. The van der Waals surface area contributed by atoms with Gasteiger partial charge in [0.2, 0.25) is 11.8 Å². The Morgan fingerprint density at radius 3 is 2.14 bits per heavy atom. The van der Waals surface area contributed by atoms with Crippen molar-refractivity contribution in [2.45, 2.75) is 55.6 Å². The summed E-state index contributed by atoms with van der Waals surface area (Å²) in [6.07, 6.45) is 3.72. The fourth-order valence-electron chi connectivity index (χ4n) is 6.02. The molecular weight excluding hydrogens is 704 g/mol. The number of nitrogens with one attached hydrogen (secondary N) is 1. The topological polar surface area (TPSA) is 105 Å². The average Bonchev–Trinajstić information content (AvgIpc) is 3.63. The molecule has 0 unspecified atom stereocenters. The molecule has 1 atom stereocenters. The average molecular weight is 743 g/mol. The van der Waals surface area contributed by atoms with Crippen molar-refractivity contribution in [1.29, 1.82) is 0 Å². The minimum Gasteiger partial charge on any atom is -0.493 e. The summed E-state index contributed by atoms with van der Waals surface area (Å²) in [6.45, 7) is -0.938. The highest BCUT2D eigenvalue weighted by atomic mass is 35.5. The lowest BCUT2D eigenvalue weighted by atomic mass is 10.0.